The number of benzene rings is 2. The van der Waals surface area contributed by atoms with E-state index in [9.17, 15) is 14.7 Å². The molecule has 1 aliphatic rings. The van der Waals surface area contributed by atoms with E-state index >= 15 is 0 Å². The summed E-state index contributed by atoms with van der Waals surface area (Å²) >= 11 is 12.0. The highest BCUT2D eigenvalue weighted by Crippen LogP contribution is 2.34. The average Bonchev–Trinajstić information content (AvgIpc) is 2.50. The van der Waals surface area contributed by atoms with E-state index in [2.05, 4.69) is 5.32 Å². The van der Waals surface area contributed by atoms with Crippen molar-refractivity contribution in [2.45, 2.75) is 12.7 Å². The van der Waals surface area contributed by atoms with E-state index in [1.54, 1.807) is 0 Å². The SMILES string of the molecule is O=C(O)C1Nc2cc(Cl)cc(Cl)c2C(=O)N1Cc1ccccc1. The Morgan fingerprint density at radius 1 is 1.22 bits per heavy atom. The lowest BCUT2D eigenvalue weighted by Gasteiger charge is -2.35. The van der Waals surface area contributed by atoms with Crippen molar-refractivity contribution in [1.29, 1.82) is 0 Å². The van der Waals surface area contributed by atoms with Gasteiger partial charge in [0.05, 0.1) is 16.3 Å². The molecule has 2 N–H and O–H groups in total. The highest BCUT2D eigenvalue weighted by atomic mass is 35.5. The topological polar surface area (TPSA) is 69.6 Å². The van der Waals surface area contributed by atoms with Crippen LogP contribution < -0.4 is 5.32 Å². The number of carboxylic acids is 1. The monoisotopic (exact) mass is 350 g/mol. The zero-order chi connectivity index (χ0) is 16.6. The summed E-state index contributed by atoms with van der Waals surface area (Å²) in [5.74, 6) is -1.60. The molecule has 0 saturated carbocycles. The first-order chi connectivity index (χ1) is 11.0. The van der Waals surface area contributed by atoms with Crippen molar-refractivity contribution in [2.24, 2.45) is 0 Å². The van der Waals surface area contributed by atoms with Crippen molar-refractivity contribution >= 4 is 40.8 Å². The number of anilines is 1. The Labute approximate surface area is 142 Å². The standard InChI is InChI=1S/C16H12Cl2N2O3/c17-10-6-11(18)13-12(7-10)19-14(16(22)23)20(15(13)21)8-9-4-2-1-3-5-9/h1-7,14,19H,8H2,(H,22,23). The minimum atomic E-state index is -1.19. The number of carbonyl (C=O) groups excluding carboxylic acids is 1. The first-order valence-electron chi connectivity index (χ1n) is 6.80. The third-order valence-corrected chi connectivity index (χ3v) is 4.08. The Kier molecular flexibility index (Phi) is 4.15. The number of halogens is 2. The van der Waals surface area contributed by atoms with Gasteiger partial charge in [-0.1, -0.05) is 53.5 Å². The number of nitrogens with zero attached hydrogens (tertiary/aromatic N) is 1. The van der Waals surface area contributed by atoms with Crippen LogP contribution in [-0.4, -0.2) is 28.0 Å². The van der Waals surface area contributed by atoms with E-state index in [4.69, 9.17) is 23.2 Å². The van der Waals surface area contributed by atoms with E-state index in [-0.39, 0.29) is 17.1 Å². The quantitative estimate of drug-likeness (QED) is 0.889. The maximum Gasteiger partial charge on any atom is 0.347 e. The number of carboxylic acid groups (broad SMARTS) is 1. The third-order valence-electron chi connectivity index (χ3n) is 3.56. The van der Waals surface area contributed by atoms with Gasteiger partial charge in [0.15, 0.2) is 0 Å². The maximum atomic E-state index is 12.8. The molecule has 0 aromatic heterocycles. The number of fused-ring (bicyclic) bond motifs is 1. The molecular formula is C16H12Cl2N2O3. The van der Waals surface area contributed by atoms with Gasteiger partial charge in [-0.15, -0.1) is 0 Å². The zero-order valence-corrected chi connectivity index (χ0v) is 13.3. The smallest absolute Gasteiger partial charge is 0.347 e. The molecule has 23 heavy (non-hydrogen) atoms. The largest absolute Gasteiger partial charge is 0.478 e. The fourth-order valence-corrected chi connectivity index (χ4v) is 3.10. The second-order valence-corrected chi connectivity index (χ2v) is 5.96. The van der Waals surface area contributed by atoms with Crippen LogP contribution in [0.25, 0.3) is 0 Å². The molecule has 2 aromatic carbocycles. The van der Waals surface area contributed by atoms with Crippen LogP contribution in [0.5, 0.6) is 0 Å². The Hall–Kier alpha value is -2.24. The molecule has 2 aromatic rings. The molecule has 1 atom stereocenters. The molecule has 0 spiro atoms. The molecule has 3 rings (SSSR count). The number of rotatable bonds is 3. The fourth-order valence-electron chi connectivity index (χ4n) is 2.53. The van der Waals surface area contributed by atoms with Crippen LogP contribution in [0.3, 0.4) is 0 Å². The van der Waals surface area contributed by atoms with Crippen molar-refractivity contribution in [3.05, 3.63) is 63.6 Å². The van der Waals surface area contributed by atoms with Crippen molar-refractivity contribution < 1.29 is 14.7 Å². The van der Waals surface area contributed by atoms with Gasteiger partial charge < -0.3 is 15.3 Å². The molecular weight excluding hydrogens is 339 g/mol. The number of hydrogen-bond donors (Lipinski definition) is 2. The van der Waals surface area contributed by atoms with Gasteiger partial charge in [0.2, 0.25) is 6.17 Å². The summed E-state index contributed by atoms with van der Waals surface area (Å²) in [6.45, 7) is 0.155. The molecule has 0 radical (unpaired) electrons. The van der Waals surface area contributed by atoms with Crippen LogP contribution in [-0.2, 0) is 11.3 Å². The summed E-state index contributed by atoms with van der Waals surface area (Å²) in [6.07, 6.45) is -1.19. The molecule has 0 bridgehead atoms. The van der Waals surface area contributed by atoms with Crippen molar-refractivity contribution in [2.75, 3.05) is 5.32 Å². The highest BCUT2D eigenvalue weighted by Gasteiger charge is 2.37. The molecule has 0 fully saturated rings. The van der Waals surface area contributed by atoms with Gasteiger partial charge in [-0.25, -0.2) is 4.79 Å². The van der Waals surface area contributed by atoms with E-state index in [0.717, 1.165) is 5.56 Å². The Bertz CT molecular complexity index is 780. The van der Waals surface area contributed by atoms with E-state index in [1.807, 2.05) is 30.3 Å². The molecule has 1 aliphatic heterocycles. The normalized spacial score (nSPS) is 16.7. The van der Waals surface area contributed by atoms with Gasteiger partial charge >= 0.3 is 5.97 Å². The average molecular weight is 351 g/mol. The molecule has 1 heterocycles. The van der Waals surface area contributed by atoms with Crippen molar-refractivity contribution in [3.63, 3.8) is 0 Å². The lowest BCUT2D eigenvalue weighted by molar-refractivity contribution is -0.141. The molecule has 1 amide bonds. The predicted molar refractivity (Wildman–Crippen MR) is 87.8 cm³/mol. The van der Waals surface area contributed by atoms with E-state index in [1.165, 1.54) is 17.0 Å². The first kappa shape index (κ1) is 15.6. The minimum Gasteiger partial charge on any atom is -0.478 e. The van der Waals surface area contributed by atoms with Gasteiger partial charge in [-0.2, -0.15) is 0 Å². The van der Waals surface area contributed by atoms with Gasteiger partial charge in [0.25, 0.3) is 5.91 Å². The second kappa shape index (κ2) is 6.10. The van der Waals surface area contributed by atoms with Crippen LogP contribution >= 0.6 is 23.2 Å². The molecule has 5 nitrogen and oxygen atoms in total. The number of amides is 1. The zero-order valence-electron chi connectivity index (χ0n) is 11.8. The molecule has 0 aliphatic carbocycles. The number of aliphatic carboxylic acids is 1. The summed E-state index contributed by atoms with van der Waals surface area (Å²) < 4.78 is 0. The summed E-state index contributed by atoms with van der Waals surface area (Å²) in [6, 6.07) is 12.1. The Balaban J connectivity index is 2.03. The second-order valence-electron chi connectivity index (χ2n) is 5.11. The van der Waals surface area contributed by atoms with Crippen LogP contribution in [0.15, 0.2) is 42.5 Å². The molecule has 1 unspecified atom stereocenters. The van der Waals surface area contributed by atoms with Crippen molar-refractivity contribution in [3.8, 4) is 0 Å². The predicted octanol–water partition coefficient (Wildman–Crippen LogP) is 3.47. The Morgan fingerprint density at radius 3 is 2.57 bits per heavy atom. The van der Waals surface area contributed by atoms with Crippen LogP contribution in [0.2, 0.25) is 10.0 Å². The lowest BCUT2D eigenvalue weighted by Crippen LogP contribution is -2.52. The Morgan fingerprint density at radius 2 is 1.91 bits per heavy atom. The summed E-state index contributed by atoms with van der Waals surface area (Å²) in [4.78, 5) is 25.6. The lowest BCUT2D eigenvalue weighted by atomic mass is 10.1. The number of carbonyl (C=O) groups is 2. The van der Waals surface area contributed by atoms with Crippen LogP contribution in [0, 0.1) is 0 Å². The van der Waals surface area contributed by atoms with Crippen LogP contribution in [0.4, 0.5) is 5.69 Å². The fraction of sp³-hybridized carbons (Fsp3) is 0.125. The minimum absolute atomic E-state index is 0.155. The summed E-state index contributed by atoms with van der Waals surface area (Å²) in [5.41, 5.74) is 1.37. The summed E-state index contributed by atoms with van der Waals surface area (Å²) in [7, 11) is 0. The van der Waals surface area contributed by atoms with Gasteiger partial charge in [-0.05, 0) is 17.7 Å². The van der Waals surface area contributed by atoms with Crippen LogP contribution in [0.1, 0.15) is 15.9 Å². The third kappa shape index (κ3) is 2.98. The molecule has 0 saturated heterocycles. The van der Waals surface area contributed by atoms with E-state index in [0.29, 0.717) is 10.7 Å². The first-order valence-corrected chi connectivity index (χ1v) is 7.56. The van der Waals surface area contributed by atoms with Gasteiger partial charge in [-0.3, -0.25) is 4.79 Å². The molecule has 7 heteroatoms. The van der Waals surface area contributed by atoms with E-state index < -0.39 is 18.0 Å². The highest BCUT2D eigenvalue weighted by molar-refractivity contribution is 6.38. The summed E-state index contributed by atoms with van der Waals surface area (Å²) in [5, 5.41) is 12.8. The number of nitrogens with one attached hydrogen (secondary N) is 1. The van der Waals surface area contributed by atoms with Gasteiger partial charge in [0.1, 0.15) is 0 Å². The number of hydrogen-bond acceptors (Lipinski definition) is 3. The van der Waals surface area contributed by atoms with Crippen molar-refractivity contribution in [1.82, 2.24) is 4.90 Å². The molecule has 118 valence electrons. The van der Waals surface area contributed by atoms with Gasteiger partial charge in [0, 0.05) is 11.6 Å². The maximum absolute atomic E-state index is 12.8.